The molecule has 2 aromatic carbocycles. The number of benzene rings is 2. The lowest BCUT2D eigenvalue weighted by molar-refractivity contribution is 0.171. The van der Waals surface area contributed by atoms with Crippen molar-refractivity contribution in [3.05, 3.63) is 70.8 Å². The fraction of sp³-hybridized carbons (Fsp3) is 0.211. The van der Waals surface area contributed by atoms with Gasteiger partial charge in [0.05, 0.1) is 16.4 Å². The third-order valence-corrected chi connectivity index (χ3v) is 4.31. The Hall–Kier alpha value is -2.57. The van der Waals surface area contributed by atoms with Gasteiger partial charge in [0.2, 0.25) is 0 Å². The molecule has 0 saturated heterocycles. The minimum atomic E-state index is -0.263. The Morgan fingerprint density at radius 1 is 1.08 bits per heavy atom. The third-order valence-electron chi connectivity index (χ3n) is 4.03. The third kappa shape index (κ3) is 3.66. The van der Waals surface area contributed by atoms with E-state index in [1.165, 1.54) is 12.1 Å². The van der Waals surface area contributed by atoms with Crippen molar-refractivity contribution >= 4 is 11.6 Å². The normalized spacial score (nSPS) is 13.0. The smallest absolute Gasteiger partial charge is 0.179 e. The van der Waals surface area contributed by atoms with Crippen LogP contribution < -0.4 is 14.8 Å². The van der Waals surface area contributed by atoms with Crippen molar-refractivity contribution < 1.29 is 13.9 Å². The van der Waals surface area contributed by atoms with Crippen LogP contribution in [0, 0.1) is 5.82 Å². The monoisotopic (exact) mass is 373 g/mol. The van der Waals surface area contributed by atoms with Crippen molar-refractivity contribution in [3.63, 3.8) is 0 Å². The highest BCUT2D eigenvalue weighted by Crippen LogP contribution is 2.38. The molecule has 0 bridgehead atoms. The highest BCUT2D eigenvalue weighted by molar-refractivity contribution is 6.32. The van der Waals surface area contributed by atoms with Crippen LogP contribution in [-0.2, 0) is 13.1 Å². The zero-order valence-corrected chi connectivity index (χ0v) is 14.7. The molecular weight excluding hydrogens is 357 g/mol. The van der Waals surface area contributed by atoms with Crippen LogP contribution in [0.1, 0.15) is 11.3 Å². The molecule has 2 heterocycles. The van der Waals surface area contributed by atoms with Crippen LogP contribution >= 0.6 is 11.6 Å². The maximum absolute atomic E-state index is 13.0. The van der Waals surface area contributed by atoms with Gasteiger partial charge >= 0.3 is 0 Å². The van der Waals surface area contributed by atoms with Crippen molar-refractivity contribution in [3.8, 4) is 17.2 Å². The lowest BCUT2D eigenvalue weighted by atomic mass is 10.2. The molecule has 1 aromatic heterocycles. The second kappa shape index (κ2) is 7.35. The number of rotatable bonds is 5. The summed E-state index contributed by atoms with van der Waals surface area (Å²) in [7, 11) is 0. The zero-order valence-electron chi connectivity index (χ0n) is 13.9. The molecule has 0 aliphatic carbocycles. The second-order valence-corrected chi connectivity index (χ2v) is 6.34. The molecule has 0 radical (unpaired) electrons. The first-order chi connectivity index (χ1) is 12.7. The Labute approximate surface area is 155 Å². The van der Waals surface area contributed by atoms with Crippen LogP contribution in [-0.4, -0.2) is 23.0 Å². The molecule has 0 saturated carbocycles. The van der Waals surface area contributed by atoms with Gasteiger partial charge in [0.1, 0.15) is 19.0 Å². The quantitative estimate of drug-likeness (QED) is 0.740. The van der Waals surface area contributed by atoms with Crippen LogP contribution in [0.25, 0.3) is 5.69 Å². The van der Waals surface area contributed by atoms with E-state index in [-0.39, 0.29) is 5.82 Å². The van der Waals surface area contributed by atoms with Crippen molar-refractivity contribution in [2.45, 2.75) is 13.1 Å². The molecule has 4 rings (SSSR count). The topological polar surface area (TPSA) is 48.3 Å². The van der Waals surface area contributed by atoms with Gasteiger partial charge in [0, 0.05) is 19.3 Å². The first-order valence-electron chi connectivity index (χ1n) is 8.28. The first kappa shape index (κ1) is 16.9. The number of aromatic nitrogens is 2. The second-order valence-electron chi connectivity index (χ2n) is 5.93. The van der Waals surface area contributed by atoms with Crippen molar-refractivity contribution in [1.29, 1.82) is 0 Å². The summed E-state index contributed by atoms with van der Waals surface area (Å²) in [5.74, 6) is 1.03. The van der Waals surface area contributed by atoms with E-state index < -0.39 is 0 Å². The van der Waals surface area contributed by atoms with E-state index in [2.05, 4.69) is 10.4 Å². The number of ether oxygens (including phenoxy) is 2. The molecule has 1 N–H and O–H groups in total. The van der Waals surface area contributed by atoms with Gasteiger partial charge in [-0.1, -0.05) is 11.6 Å². The number of halogens is 2. The predicted octanol–water partition coefficient (Wildman–Crippen LogP) is 3.73. The van der Waals surface area contributed by atoms with Gasteiger partial charge in [0.15, 0.2) is 11.5 Å². The average molecular weight is 374 g/mol. The number of hydrogen-bond acceptors (Lipinski definition) is 4. The molecule has 134 valence electrons. The van der Waals surface area contributed by atoms with Crippen LogP contribution in [0.5, 0.6) is 11.5 Å². The summed E-state index contributed by atoms with van der Waals surface area (Å²) >= 11 is 6.25. The van der Waals surface area contributed by atoms with Gasteiger partial charge in [-0.2, -0.15) is 5.10 Å². The van der Waals surface area contributed by atoms with Gasteiger partial charge in [0.25, 0.3) is 0 Å². The highest BCUT2D eigenvalue weighted by atomic mass is 35.5. The molecule has 0 atom stereocenters. The van der Waals surface area contributed by atoms with Crippen LogP contribution in [0.15, 0.2) is 48.7 Å². The number of hydrogen-bond donors (Lipinski definition) is 1. The van der Waals surface area contributed by atoms with Crippen LogP contribution in [0.3, 0.4) is 0 Å². The Bertz CT molecular complexity index is 912. The van der Waals surface area contributed by atoms with E-state index in [1.54, 1.807) is 16.8 Å². The van der Waals surface area contributed by atoms with Crippen molar-refractivity contribution in [2.24, 2.45) is 0 Å². The number of fused-ring (bicyclic) bond motifs is 1. The molecule has 7 heteroatoms. The molecule has 0 fully saturated rings. The summed E-state index contributed by atoms with van der Waals surface area (Å²) in [6.07, 6.45) is 1.85. The summed E-state index contributed by atoms with van der Waals surface area (Å²) in [4.78, 5) is 0. The van der Waals surface area contributed by atoms with Crippen LogP contribution in [0.2, 0.25) is 5.02 Å². The zero-order chi connectivity index (χ0) is 17.9. The fourth-order valence-electron chi connectivity index (χ4n) is 2.79. The van der Waals surface area contributed by atoms with Gasteiger partial charge in [-0.25, -0.2) is 9.07 Å². The molecule has 0 spiro atoms. The number of nitrogens with zero attached hydrogens (tertiary/aromatic N) is 2. The molecule has 5 nitrogen and oxygen atoms in total. The minimum absolute atomic E-state index is 0.263. The van der Waals surface area contributed by atoms with E-state index in [1.807, 2.05) is 24.4 Å². The van der Waals surface area contributed by atoms with E-state index >= 15 is 0 Å². The van der Waals surface area contributed by atoms with Gasteiger partial charge in [-0.15, -0.1) is 0 Å². The maximum Gasteiger partial charge on any atom is 0.179 e. The number of nitrogens with one attached hydrogen (secondary N) is 1. The van der Waals surface area contributed by atoms with E-state index in [0.29, 0.717) is 42.8 Å². The summed E-state index contributed by atoms with van der Waals surface area (Å²) in [5, 5.41) is 8.38. The summed E-state index contributed by atoms with van der Waals surface area (Å²) in [6.45, 7) is 2.27. The Kier molecular flexibility index (Phi) is 4.77. The van der Waals surface area contributed by atoms with E-state index in [4.69, 9.17) is 21.1 Å². The first-order valence-corrected chi connectivity index (χ1v) is 8.66. The predicted molar refractivity (Wildman–Crippen MR) is 96.5 cm³/mol. The molecule has 1 aliphatic heterocycles. The van der Waals surface area contributed by atoms with Crippen LogP contribution in [0.4, 0.5) is 4.39 Å². The molecule has 0 amide bonds. The molecule has 0 unspecified atom stereocenters. The Morgan fingerprint density at radius 2 is 1.88 bits per heavy atom. The molecule has 1 aliphatic rings. The lowest BCUT2D eigenvalue weighted by Gasteiger charge is -2.20. The summed E-state index contributed by atoms with van der Waals surface area (Å²) in [5.41, 5.74) is 2.71. The van der Waals surface area contributed by atoms with E-state index in [0.717, 1.165) is 16.9 Å². The summed E-state index contributed by atoms with van der Waals surface area (Å²) < 4.78 is 25.8. The van der Waals surface area contributed by atoms with E-state index in [9.17, 15) is 4.39 Å². The average Bonchev–Trinajstić information content (AvgIpc) is 3.11. The molecular formula is C19H17ClFN3O2. The lowest BCUT2D eigenvalue weighted by Crippen LogP contribution is -2.17. The minimum Gasteiger partial charge on any atom is -0.486 e. The molecule has 26 heavy (non-hydrogen) atoms. The fourth-order valence-corrected chi connectivity index (χ4v) is 3.08. The molecule has 3 aromatic rings. The summed E-state index contributed by atoms with van der Waals surface area (Å²) in [6, 6.07) is 11.9. The standard InChI is InChI=1S/C19H17ClFN3O2/c20-17-9-13(10-18-19(17)26-8-7-25-18)11-22-12-15-5-6-24(23-15)16-3-1-14(21)2-4-16/h1-6,9-10,22H,7-8,11-12H2. The van der Waals surface area contributed by atoms with Crippen molar-refractivity contribution in [1.82, 2.24) is 15.1 Å². The van der Waals surface area contributed by atoms with Crippen molar-refractivity contribution in [2.75, 3.05) is 13.2 Å². The van der Waals surface area contributed by atoms with Gasteiger partial charge in [-0.3, -0.25) is 0 Å². The largest absolute Gasteiger partial charge is 0.486 e. The maximum atomic E-state index is 13.0. The van der Waals surface area contributed by atoms with Gasteiger partial charge < -0.3 is 14.8 Å². The Morgan fingerprint density at radius 3 is 2.73 bits per heavy atom. The van der Waals surface area contributed by atoms with Gasteiger partial charge in [-0.05, 0) is 48.0 Å². The Balaban J connectivity index is 1.38. The highest BCUT2D eigenvalue weighted by Gasteiger charge is 2.16. The SMILES string of the molecule is Fc1ccc(-n2ccc(CNCc3cc(Cl)c4c(c3)OCCO4)n2)cc1.